The minimum atomic E-state index is 0.965. The second kappa shape index (κ2) is 18.5. The van der Waals surface area contributed by atoms with E-state index in [1.54, 1.807) is 0 Å². The molecule has 4 heteroatoms. The third-order valence-corrected chi connectivity index (χ3v) is 9.46. The molecule has 2 aliphatic rings. The maximum Gasteiger partial charge on any atom is 0.0237 e. The van der Waals surface area contributed by atoms with Gasteiger partial charge in [-0.05, 0) is 59.3 Å². The molecule has 0 N–H and O–H groups in total. The fourth-order valence-corrected chi connectivity index (χ4v) is 6.92. The van der Waals surface area contributed by atoms with Gasteiger partial charge in [0.15, 0.2) is 0 Å². The fourth-order valence-electron chi connectivity index (χ4n) is 6.92. The van der Waals surface area contributed by atoms with Crippen molar-refractivity contribution in [2.45, 2.75) is 52.1 Å². The SMILES string of the molecule is c1ccc(CN2CCCN(Cc3ccccc3)Cc3ccc(cc3)CN(Cc3ccccc3)CCCN(Cc3ccccc3)CC2)cc1. The van der Waals surface area contributed by atoms with Crippen molar-refractivity contribution in [3.8, 4) is 0 Å². The Morgan fingerprint density at radius 2 is 0.562 bits per heavy atom. The minimum Gasteiger partial charge on any atom is -0.298 e. The van der Waals surface area contributed by atoms with E-state index in [1.165, 1.54) is 33.4 Å². The lowest BCUT2D eigenvalue weighted by Crippen LogP contribution is -2.37. The summed E-state index contributed by atoms with van der Waals surface area (Å²) in [6.07, 6.45) is 2.29. The molecular weight excluding hydrogens is 585 g/mol. The third-order valence-electron chi connectivity index (χ3n) is 9.46. The molecule has 0 saturated heterocycles. The Kier molecular flexibility index (Phi) is 13.0. The molecular formula is C44H52N4. The zero-order chi connectivity index (χ0) is 32.6. The Morgan fingerprint density at radius 1 is 0.292 bits per heavy atom. The van der Waals surface area contributed by atoms with Crippen LogP contribution in [0.4, 0.5) is 0 Å². The van der Waals surface area contributed by atoms with E-state index in [0.717, 1.165) is 91.4 Å². The molecule has 0 atom stereocenters. The van der Waals surface area contributed by atoms with E-state index >= 15 is 0 Å². The lowest BCUT2D eigenvalue weighted by atomic mass is 10.1. The van der Waals surface area contributed by atoms with Gasteiger partial charge in [0.05, 0.1) is 0 Å². The molecule has 248 valence electrons. The first-order valence-electron chi connectivity index (χ1n) is 17.9. The summed E-state index contributed by atoms with van der Waals surface area (Å²) in [6, 6.07) is 53.4. The van der Waals surface area contributed by atoms with Gasteiger partial charge in [-0.25, -0.2) is 0 Å². The topological polar surface area (TPSA) is 13.0 Å². The van der Waals surface area contributed by atoms with E-state index in [-0.39, 0.29) is 0 Å². The van der Waals surface area contributed by atoms with Gasteiger partial charge < -0.3 is 0 Å². The van der Waals surface area contributed by atoms with Crippen LogP contribution in [0.25, 0.3) is 0 Å². The standard InChI is InChI=1S/C44H52N4/c1-5-15-39(16-6-1)33-45-27-13-29-47(35-41-19-9-3-10-20-41)37-43-23-25-44(26-24-43)38-48(36-42-21-11-4-12-22-42)30-14-28-46(32-31-45)34-40-17-7-2-8-18-40/h1-12,15-26H,13-14,27-38H2. The Morgan fingerprint density at radius 3 is 0.875 bits per heavy atom. The summed E-state index contributed by atoms with van der Waals surface area (Å²) in [5, 5.41) is 0. The van der Waals surface area contributed by atoms with Crippen molar-refractivity contribution in [2.24, 2.45) is 0 Å². The normalized spacial score (nSPS) is 16.8. The Bertz CT molecular complexity index is 1450. The van der Waals surface area contributed by atoms with E-state index in [1.807, 2.05) is 0 Å². The van der Waals surface area contributed by atoms with Crippen molar-refractivity contribution in [3.05, 3.63) is 179 Å². The number of hydrogen-bond donors (Lipinski definition) is 0. The highest BCUT2D eigenvalue weighted by Gasteiger charge is 2.15. The van der Waals surface area contributed by atoms with Crippen LogP contribution in [0.2, 0.25) is 0 Å². The molecule has 48 heavy (non-hydrogen) atoms. The Balaban J connectivity index is 1.24. The van der Waals surface area contributed by atoms with Gasteiger partial charge in [0, 0.05) is 65.4 Å². The maximum atomic E-state index is 2.69. The molecule has 5 aromatic rings. The monoisotopic (exact) mass is 636 g/mol. The quantitative estimate of drug-likeness (QED) is 0.169. The average Bonchev–Trinajstić information content (AvgIpc) is 3.12. The van der Waals surface area contributed by atoms with Gasteiger partial charge in [-0.3, -0.25) is 19.6 Å². The van der Waals surface area contributed by atoms with Gasteiger partial charge in [0.25, 0.3) is 0 Å². The predicted molar refractivity (Wildman–Crippen MR) is 200 cm³/mol. The summed E-state index contributed by atoms with van der Waals surface area (Å²) < 4.78 is 0. The largest absolute Gasteiger partial charge is 0.298 e. The number of nitrogens with zero attached hydrogens (tertiary/aromatic N) is 4. The summed E-state index contributed by atoms with van der Waals surface area (Å²) in [6.45, 7) is 12.3. The van der Waals surface area contributed by atoms with Gasteiger partial charge in [-0.15, -0.1) is 0 Å². The van der Waals surface area contributed by atoms with Crippen LogP contribution in [-0.4, -0.2) is 58.9 Å². The zero-order valence-electron chi connectivity index (χ0n) is 28.5. The van der Waals surface area contributed by atoms with Crippen LogP contribution in [-0.2, 0) is 39.3 Å². The molecule has 0 saturated carbocycles. The van der Waals surface area contributed by atoms with Crippen LogP contribution in [0.1, 0.15) is 46.2 Å². The Hall–Kier alpha value is -4.06. The van der Waals surface area contributed by atoms with Crippen molar-refractivity contribution < 1.29 is 0 Å². The van der Waals surface area contributed by atoms with E-state index in [4.69, 9.17) is 0 Å². The van der Waals surface area contributed by atoms with Crippen LogP contribution in [0, 0.1) is 0 Å². The molecule has 4 nitrogen and oxygen atoms in total. The smallest absolute Gasteiger partial charge is 0.0237 e. The molecule has 0 unspecified atom stereocenters. The molecule has 2 aliphatic heterocycles. The van der Waals surface area contributed by atoms with E-state index in [2.05, 4.69) is 165 Å². The second-order valence-electron chi connectivity index (χ2n) is 13.4. The summed E-state index contributed by atoms with van der Waals surface area (Å²) in [4.78, 5) is 10.6. The van der Waals surface area contributed by atoms with Crippen LogP contribution >= 0.6 is 0 Å². The van der Waals surface area contributed by atoms with Crippen molar-refractivity contribution >= 4 is 0 Å². The first-order chi connectivity index (χ1) is 23.7. The third kappa shape index (κ3) is 11.3. The van der Waals surface area contributed by atoms with Crippen molar-refractivity contribution in [1.82, 2.24) is 19.6 Å². The first-order valence-corrected chi connectivity index (χ1v) is 17.9. The summed E-state index contributed by atoms with van der Waals surface area (Å²) in [7, 11) is 0. The lowest BCUT2D eigenvalue weighted by Gasteiger charge is -2.30. The van der Waals surface area contributed by atoms with Crippen molar-refractivity contribution in [3.63, 3.8) is 0 Å². The number of benzene rings is 5. The van der Waals surface area contributed by atoms with Crippen molar-refractivity contribution in [1.29, 1.82) is 0 Å². The number of hydrogen-bond acceptors (Lipinski definition) is 4. The molecule has 2 bridgehead atoms. The fraction of sp³-hybridized carbons (Fsp3) is 0.318. The molecule has 5 aromatic carbocycles. The number of rotatable bonds is 8. The summed E-state index contributed by atoms with van der Waals surface area (Å²) >= 11 is 0. The van der Waals surface area contributed by atoms with Crippen LogP contribution in [0.15, 0.2) is 146 Å². The highest BCUT2D eigenvalue weighted by Crippen LogP contribution is 2.17. The van der Waals surface area contributed by atoms with Crippen LogP contribution < -0.4 is 0 Å². The van der Waals surface area contributed by atoms with Gasteiger partial charge in [0.2, 0.25) is 0 Å². The van der Waals surface area contributed by atoms with Gasteiger partial charge in [0.1, 0.15) is 0 Å². The molecule has 0 spiro atoms. The predicted octanol–water partition coefficient (Wildman–Crippen LogP) is 8.49. The zero-order valence-corrected chi connectivity index (χ0v) is 28.5. The van der Waals surface area contributed by atoms with Crippen molar-refractivity contribution in [2.75, 3.05) is 39.3 Å². The molecule has 0 amide bonds. The molecule has 2 heterocycles. The molecule has 0 radical (unpaired) electrons. The average molecular weight is 637 g/mol. The molecule has 0 aliphatic carbocycles. The van der Waals surface area contributed by atoms with Crippen LogP contribution in [0.5, 0.6) is 0 Å². The lowest BCUT2D eigenvalue weighted by molar-refractivity contribution is 0.168. The molecule has 0 aromatic heterocycles. The van der Waals surface area contributed by atoms with E-state index in [0.29, 0.717) is 0 Å². The summed E-state index contributed by atoms with van der Waals surface area (Å²) in [5.74, 6) is 0. The van der Waals surface area contributed by atoms with E-state index < -0.39 is 0 Å². The number of fused-ring (bicyclic) bond motifs is 15. The van der Waals surface area contributed by atoms with Gasteiger partial charge >= 0.3 is 0 Å². The van der Waals surface area contributed by atoms with E-state index in [9.17, 15) is 0 Å². The minimum absolute atomic E-state index is 0.965. The highest BCUT2D eigenvalue weighted by molar-refractivity contribution is 5.24. The van der Waals surface area contributed by atoms with Crippen LogP contribution in [0.3, 0.4) is 0 Å². The first kappa shape index (κ1) is 33.8. The highest BCUT2D eigenvalue weighted by atomic mass is 15.2. The Labute approximate surface area is 289 Å². The second-order valence-corrected chi connectivity index (χ2v) is 13.4. The van der Waals surface area contributed by atoms with Gasteiger partial charge in [-0.1, -0.05) is 146 Å². The summed E-state index contributed by atoms with van der Waals surface area (Å²) in [5.41, 5.74) is 8.33. The maximum absolute atomic E-state index is 2.69. The van der Waals surface area contributed by atoms with Gasteiger partial charge in [-0.2, -0.15) is 0 Å². The molecule has 0 fully saturated rings. The molecule has 7 rings (SSSR count).